The number of methoxy groups -OCH3 is 1. The van der Waals surface area contributed by atoms with Gasteiger partial charge in [-0.1, -0.05) is 12.1 Å². The summed E-state index contributed by atoms with van der Waals surface area (Å²) in [5, 5.41) is 11.0. The van der Waals surface area contributed by atoms with Gasteiger partial charge in [0.05, 0.1) is 7.11 Å². The number of hydrogen-bond donors (Lipinski definition) is 0. The number of carbonyl (C=O) groups excluding carboxylic acids is 1. The molecule has 0 atom stereocenters. The Hall–Kier alpha value is -1.69. The number of aliphatic carboxylic acids is 1. The molecule has 1 saturated heterocycles. The Labute approximate surface area is 187 Å². The fourth-order valence-corrected chi connectivity index (χ4v) is 3.83. The second-order valence-corrected chi connectivity index (χ2v) is 7.98. The van der Waals surface area contributed by atoms with E-state index in [0.29, 0.717) is 13.1 Å². The van der Waals surface area contributed by atoms with Crippen molar-refractivity contribution >= 4 is 11.7 Å². The van der Waals surface area contributed by atoms with Gasteiger partial charge in [-0.2, -0.15) is 0 Å². The first kappa shape index (κ1) is 21.0. The average molecular weight is 389 g/mol. The van der Waals surface area contributed by atoms with Crippen LogP contribution >= 0.6 is 0 Å². The molecular weight excluding hydrogens is 365 g/mol. The van der Waals surface area contributed by atoms with Crippen LogP contribution in [0.5, 0.6) is 11.5 Å². The molecule has 0 aliphatic carbocycles. The van der Waals surface area contributed by atoms with Gasteiger partial charge in [0.1, 0.15) is 17.1 Å². The van der Waals surface area contributed by atoms with Gasteiger partial charge in [-0.3, -0.25) is 0 Å². The monoisotopic (exact) mass is 389 g/mol. The van der Waals surface area contributed by atoms with Gasteiger partial charge >= 0.3 is 29.6 Å². The summed E-state index contributed by atoms with van der Waals surface area (Å²) in [6, 6.07) is 12.2. The van der Waals surface area contributed by atoms with E-state index < -0.39 is 5.97 Å². The molecular formula is C22H24NNaO4. The maximum absolute atomic E-state index is 11.0. The van der Waals surface area contributed by atoms with Crippen molar-refractivity contribution in [2.45, 2.75) is 32.3 Å². The van der Waals surface area contributed by atoms with E-state index in [-0.39, 0.29) is 41.1 Å². The fourth-order valence-electron chi connectivity index (χ4n) is 3.83. The van der Waals surface area contributed by atoms with Crippen molar-refractivity contribution in [1.29, 1.82) is 0 Å². The Morgan fingerprint density at radius 3 is 2.68 bits per heavy atom. The number of rotatable bonds is 4. The smallest absolute Gasteiger partial charge is 0.550 e. The molecule has 0 aromatic heterocycles. The second kappa shape index (κ2) is 7.97. The number of anilines is 1. The number of carboxylic acids is 1. The molecule has 0 amide bonds. The number of ether oxygens (including phenoxy) is 2. The summed E-state index contributed by atoms with van der Waals surface area (Å²) in [6.07, 6.45) is 1.90. The molecule has 0 bridgehead atoms. The molecule has 1 fully saturated rings. The third kappa shape index (κ3) is 4.02. The number of fused-ring (bicyclic) bond motifs is 1. The van der Waals surface area contributed by atoms with Crippen LogP contribution in [0.25, 0.3) is 11.1 Å². The van der Waals surface area contributed by atoms with Crippen molar-refractivity contribution in [1.82, 2.24) is 0 Å². The third-order valence-electron chi connectivity index (χ3n) is 5.52. The van der Waals surface area contributed by atoms with Gasteiger partial charge in [-0.15, -0.1) is 0 Å². The predicted molar refractivity (Wildman–Crippen MR) is 102 cm³/mol. The molecule has 0 saturated carbocycles. The first-order chi connectivity index (χ1) is 12.9. The third-order valence-corrected chi connectivity index (χ3v) is 5.52. The Morgan fingerprint density at radius 2 is 2.00 bits per heavy atom. The van der Waals surface area contributed by atoms with E-state index in [1.165, 1.54) is 5.56 Å². The fraction of sp³-hybridized carbons (Fsp3) is 0.409. The first-order valence-corrected chi connectivity index (χ1v) is 9.32. The number of carbonyl (C=O) groups is 1. The molecule has 2 aliphatic rings. The summed E-state index contributed by atoms with van der Waals surface area (Å²) in [6.45, 7) is 5.21. The number of carboxylic acid groups (broad SMARTS) is 1. The van der Waals surface area contributed by atoms with Crippen molar-refractivity contribution in [3.8, 4) is 22.6 Å². The maximum atomic E-state index is 11.0. The van der Waals surface area contributed by atoms with Gasteiger partial charge in [0, 0.05) is 42.3 Å². The average Bonchev–Trinajstić information content (AvgIpc) is 2.58. The Kier molecular flexibility index (Phi) is 5.99. The molecule has 2 aromatic carbocycles. The van der Waals surface area contributed by atoms with Crippen LogP contribution in [0.2, 0.25) is 0 Å². The van der Waals surface area contributed by atoms with Crippen LogP contribution in [0.1, 0.15) is 25.8 Å². The van der Waals surface area contributed by atoms with Gasteiger partial charge in [0.25, 0.3) is 0 Å². The van der Waals surface area contributed by atoms with E-state index in [1.54, 1.807) is 7.11 Å². The van der Waals surface area contributed by atoms with E-state index in [2.05, 4.69) is 36.9 Å². The Bertz CT molecular complexity index is 890. The first-order valence-electron chi connectivity index (χ1n) is 9.32. The quantitative estimate of drug-likeness (QED) is 0.670. The molecule has 4 rings (SSSR count). The van der Waals surface area contributed by atoms with Crippen molar-refractivity contribution in [2.75, 3.05) is 25.1 Å². The predicted octanol–water partition coefficient (Wildman–Crippen LogP) is -0.344. The van der Waals surface area contributed by atoms with Crippen LogP contribution in [0.15, 0.2) is 36.4 Å². The zero-order chi connectivity index (χ0) is 19.2. The molecule has 2 aliphatic heterocycles. The summed E-state index contributed by atoms with van der Waals surface area (Å²) in [4.78, 5) is 13.0. The van der Waals surface area contributed by atoms with E-state index in [9.17, 15) is 9.90 Å². The van der Waals surface area contributed by atoms with E-state index in [4.69, 9.17) is 9.47 Å². The van der Waals surface area contributed by atoms with E-state index in [0.717, 1.165) is 41.2 Å². The topological polar surface area (TPSA) is 61.8 Å². The Balaban J connectivity index is 0.00000225. The SMILES string of the molecule is COc1cc2c(c(-c3cccc(N4CC(C(=O)[O-])C4)c3)c1)CCC(C)(C)O2.[Na+]. The van der Waals surface area contributed by atoms with E-state index in [1.807, 2.05) is 18.2 Å². The molecule has 0 radical (unpaired) electrons. The van der Waals surface area contributed by atoms with Crippen LogP contribution in [0, 0.1) is 5.92 Å². The molecule has 5 nitrogen and oxygen atoms in total. The van der Waals surface area contributed by atoms with Crippen LogP contribution in [-0.4, -0.2) is 31.8 Å². The number of hydrogen-bond acceptors (Lipinski definition) is 5. The summed E-state index contributed by atoms with van der Waals surface area (Å²) >= 11 is 0. The molecule has 6 heteroatoms. The zero-order valence-corrected chi connectivity index (χ0v) is 19.0. The standard InChI is InChI=1S/C22H25NO4.Na/c1-22(2)8-7-18-19(10-17(26-3)11-20(18)27-22)14-5-4-6-16(9-14)23-12-15(13-23)21(24)25;/h4-6,9-11,15H,7-8,12-13H2,1-3H3,(H,24,25);/q;+1/p-1. The van der Waals surface area contributed by atoms with Gasteiger partial charge in [-0.05, 0) is 56.0 Å². The summed E-state index contributed by atoms with van der Waals surface area (Å²) in [5.74, 6) is 0.303. The van der Waals surface area contributed by atoms with Gasteiger partial charge in [0.2, 0.25) is 0 Å². The van der Waals surface area contributed by atoms with Gasteiger partial charge < -0.3 is 24.3 Å². The van der Waals surface area contributed by atoms with Gasteiger partial charge in [0.15, 0.2) is 0 Å². The molecule has 28 heavy (non-hydrogen) atoms. The number of benzene rings is 2. The normalized spacial score (nSPS) is 17.6. The molecule has 142 valence electrons. The van der Waals surface area contributed by atoms with Crippen molar-refractivity contribution in [3.63, 3.8) is 0 Å². The molecule has 2 heterocycles. The van der Waals surface area contributed by atoms with Crippen LogP contribution in [0.4, 0.5) is 5.69 Å². The Morgan fingerprint density at radius 1 is 1.25 bits per heavy atom. The maximum Gasteiger partial charge on any atom is 1.00 e. The minimum atomic E-state index is -0.968. The van der Waals surface area contributed by atoms with Crippen molar-refractivity contribution in [3.05, 3.63) is 42.0 Å². The minimum Gasteiger partial charge on any atom is -0.550 e. The van der Waals surface area contributed by atoms with Crippen molar-refractivity contribution in [2.24, 2.45) is 5.92 Å². The molecule has 0 spiro atoms. The van der Waals surface area contributed by atoms with Gasteiger partial charge in [-0.25, -0.2) is 0 Å². The van der Waals surface area contributed by atoms with Crippen LogP contribution < -0.4 is 49.0 Å². The van der Waals surface area contributed by atoms with Crippen molar-refractivity contribution < 1.29 is 48.9 Å². The summed E-state index contributed by atoms with van der Waals surface area (Å²) in [5.41, 5.74) is 4.24. The summed E-state index contributed by atoms with van der Waals surface area (Å²) in [7, 11) is 1.66. The number of nitrogens with zero attached hydrogens (tertiary/aromatic N) is 1. The van der Waals surface area contributed by atoms with E-state index >= 15 is 0 Å². The molecule has 0 N–H and O–H groups in total. The molecule has 2 aromatic rings. The minimum absolute atomic E-state index is 0. The largest absolute Gasteiger partial charge is 1.00 e. The summed E-state index contributed by atoms with van der Waals surface area (Å²) < 4.78 is 11.7. The zero-order valence-electron chi connectivity index (χ0n) is 17.0. The molecule has 0 unspecified atom stereocenters. The second-order valence-electron chi connectivity index (χ2n) is 7.98. The van der Waals surface area contributed by atoms with Crippen LogP contribution in [-0.2, 0) is 11.2 Å². The van der Waals surface area contributed by atoms with Crippen LogP contribution in [0.3, 0.4) is 0 Å².